The van der Waals surface area contributed by atoms with Crippen LogP contribution < -0.4 is 5.32 Å². The van der Waals surface area contributed by atoms with Gasteiger partial charge in [-0.05, 0) is 65.1 Å². The fourth-order valence-electron chi connectivity index (χ4n) is 5.76. The summed E-state index contributed by atoms with van der Waals surface area (Å²) >= 11 is 1.16. The lowest BCUT2D eigenvalue weighted by Gasteiger charge is -2.18. The predicted octanol–water partition coefficient (Wildman–Crippen LogP) is 8.48. The molecule has 1 heterocycles. The van der Waals surface area contributed by atoms with Crippen LogP contribution >= 0.6 is 11.3 Å². The molecular weight excluding hydrogens is 566 g/mol. The highest BCUT2D eigenvalue weighted by Crippen LogP contribution is 2.31. The summed E-state index contributed by atoms with van der Waals surface area (Å²) in [6.45, 7) is 1.15. The van der Waals surface area contributed by atoms with Crippen LogP contribution in [0.25, 0.3) is 11.1 Å². The zero-order valence-corrected chi connectivity index (χ0v) is 25.2. The molecule has 1 amide bonds. The molecule has 222 valence electrons. The van der Waals surface area contributed by atoms with Crippen molar-refractivity contribution in [2.24, 2.45) is 5.92 Å². The molecule has 0 radical (unpaired) electrons. The van der Waals surface area contributed by atoms with Crippen molar-refractivity contribution >= 4 is 23.2 Å². The van der Waals surface area contributed by atoms with Crippen LogP contribution in [-0.4, -0.2) is 24.5 Å². The molecule has 4 aromatic carbocycles. The Morgan fingerprint density at radius 3 is 2.05 bits per heavy atom. The Kier molecular flexibility index (Phi) is 9.60. The highest BCUT2D eigenvalue weighted by atomic mass is 32.1. The SMILES string of the molecule is O=C(NC[C@H]1CC[C@H](OCc2ccccc2-c2ccccc2)C1)c1ccc(C(=O)OC(c2ccccc2)c2ccccc2)s1. The summed E-state index contributed by atoms with van der Waals surface area (Å²) in [6.07, 6.45) is 2.54. The van der Waals surface area contributed by atoms with Gasteiger partial charge in [-0.3, -0.25) is 4.79 Å². The normalized spacial score (nSPS) is 16.1. The molecule has 1 saturated carbocycles. The second-order valence-corrected chi connectivity index (χ2v) is 12.2. The summed E-state index contributed by atoms with van der Waals surface area (Å²) in [7, 11) is 0. The molecular formula is C38H35NO4S. The number of nitrogens with one attached hydrogen (secondary N) is 1. The summed E-state index contributed by atoms with van der Waals surface area (Å²) in [5, 5.41) is 3.07. The van der Waals surface area contributed by atoms with Gasteiger partial charge in [0.1, 0.15) is 4.88 Å². The molecule has 0 saturated heterocycles. The number of carbonyl (C=O) groups is 2. The molecule has 1 N–H and O–H groups in total. The third-order valence-electron chi connectivity index (χ3n) is 8.08. The first kappa shape index (κ1) is 29.5. The van der Waals surface area contributed by atoms with E-state index in [1.54, 1.807) is 12.1 Å². The van der Waals surface area contributed by atoms with E-state index in [-0.39, 0.29) is 12.0 Å². The van der Waals surface area contributed by atoms with Crippen molar-refractivity contribution < 1.29 is 19.1 Å². The molecule has 1 aliphatic rings. The zero-order chi connectivity index (χ0) is 30.1. The van der Waals surface area contributed by atoms with E-state index in [4.69, 9.17) is 9.47 Å². The van der Waals surface area contributed by atoms with Crippen LogP contribution in [0.3, 0.4) is 0 Å². The Morgan fingerprint density at radius 2 is 1.34 bits per heavy atom. The third kappa shape index (κ3) is 7.33. The molecule has 0 aliphatic heterocycles. The van der Waals surface area contributed by atoms with Crippen molar-refractivity contribution in [3.8, 4) is 11.1 Å². The fraction of sp³-hybridized carbons (Fsp3) is 0.211. The van der Waals surface area contributed by atoms with Crippen molar-refractivity contribution in [1.82, 2.24) is 5.32 Å². The number of esters is 1. The summed E-state index contributed by atoms with van der Waals surface area (Å²) in [4.78, 5) is 27.0. The second-order valence-electron chi connectivity index (χ2n) is 11.1. The lowest BCUT2D eigenvalue weighted by atomic mass is 10.0. The van der Waals surface area contributed by atoms with Crippen molar-refractivity contribution in [3.63, 3.8) is 0 Å². The highest BCUT2D eigenvalue weighted by Gasteiger charge is 2.27. The number of amides is 1. The van der Waals surface area contributed by atoms with Gasteiger partial charge < -0.3 is 14.8 Å². The molecule has 0 unspecified atom stereocenters. The zero-order valence-electron chi connectivity index (χ0n) is 24.4. The van der Waals surface area contributed by atoms with E-state index in [0.29, 0.717) is 28.8 Å². The first-order chi connectivity index (χ1) is 21.6. The van der Waals surface area contributed by atoms with E-state index < -0.39 is 12.1 Å². The van der Waals surface area contributed by atoms with Crippen LogP contribution in [-0.2, 0) is 16.1 Å². The Morgan fingerprint density at radius 1 is 0.727 bits per heavy atom. The maximum Gasteiger partial charge on any atom is 0.349 e. The molecule has 5 nitrogen and oxygen atoms in total. The largest absolute Gasteiger partial charge is 0.448 e. The highest BCUT2D eigenvalue weighted by molar-refractivity contribution is 7.15. The van der Waals surface area contributed by atoms with Crippen molar-refractivity contribution in [2.45, 2.75) is 38.1 Å². The number of thiophene rings is 1. The van der Waals surface area contributed by atoms with Gasteiger partial charge in [0.15, 0.2) is 6.10 Å². The maximum absolute atomic E-state index is 13.1. The van der Waals surface area contributed by atoms with Crippen LogP contribution in [0.2, 0.25) is 0 Å². The lowest BCUT2D eigenvalue weighted by molar-refractivity contribution is 0.0383. The van der Waals surface area contributed by atoms with Gasteiger partial charge in [-0.1, -0.05) is 115 Å². The Hall–Kier alpha value is -4.52. The number of carbonyl (C=O) groups excluding carboxylic acids is 2. The average molecular weight is 602 g/mol. The van der Waals surface area contributed by atoms with Gasteiger partial charge in [0.25, 0.3) is 5.91 Å². The molecule has 44 heavy (non-hydrogen) atoms. The average Bonchev–Trinajstić information content (AvgIpc) is 3.77. The molecule has 0 bridgehead atoms. The Balaban J connectivity index is 0.999. The fourth-order valence-corrected chi connectivity index (χ4v) is 6.57. The summed E-state index contributed by atoms with van der Waals surface area (Å²) < 4.78 is 12.3. The molecule has 5 aromatic rings. The van der Waals surface area contributed by atoms with E-state index in [2.05, 4.69) is 53.8 Å². The van der Waals surface area contributed by atoms with Crippen molar-refractivity contribution in [2.75, 3.05) is 6.54 Å². The van der Waals surface area contributed by atoms with E-state index in [9.17, 15) is 9.59 Å². The monoisotopic (exact) mass is 601 g/mol. The van der Waals surface area contributed by atoms with Crippen molar-refractivity contribution in [3.05, 3.63) is 154 Å². The van der Waals surface area contributed by atoms with Crippen LogP contribution in [0, 0.1) is 5.92 Å². The molecule has 6 rings (SSSR count). The Labute approximate surface area is 262 Å². The number of hydrogen-bond donors (Lipinski definition) is 1. The molecule has 1 fully saturated rings. The van der Waals surface area contributed by atoms with E-state index in [0.717, 1.165) is 41.7 Å². The molecule has 6 heteroatoms. The Bertz CT molecular complexity index is 1630. The molecule has 1 aromatic heterocycles. The van der Waals surface area contributed by atoms with Gasteiger partial charge in [-0.2, -0.15) is 0 Å². The smallest absolute Gasteiger partial charge is 0.349 e. The second kappa shape index (κ2) is 14.3. The predicted molar refractivity (Wildman–Crippen MR) is 175 cm³/mol. The summed E-state index contributed by atoms with van der Waals surface area (Å²) in [6, 6.07) is 41.5. The van der Waals surface area contributed by atoms with E-state index >= 15 is 0 Å². The first-order valence-corrected chi connectivity index (χ1v) is 15.9. The van der Waals surface area contributed by atoms with Crippen LogP contribution in [0.15, 0.2) is 127 Å². The van der Waals surface area contributed by atoms with Gasteiger partial charge in [-0.15, -0.1) is 11.3 Å². The quantitative estimate of drug-likeness (QED) is 0.154. The summed E-state index contributed by atoms with van der Waals surface area (Å²) in [5.41, 5.74) is 5.35. The van der Waals surface area contributed by atoms with Gasteiger partial charge in [-0.25, -0.2) is 4.79 Å². The minimum Gasteiger partial charge on any atom is -0.448 e. The first-order valence-electron chi connectivity index (χ1n) is 15.1. The summed E-state index contributed by atoms with van der Waals surface area (Å²) in [5.74, 6) is -0.260. The molecule has 2 atom stereocenters. The lowest BCUT2D eigenvalue weighted by Crippen LogP contribution is -2.28. The van der Waals surface area contributed by atoms with Crippen LogP contribution in [0.5, 0.6) is 0 Å². The number of benzene rings is 4. The van der Waals surface area contributed by atoms with E-state index in [1.165, 1.54) is 16.7 Å². The van der Waals surface area contributed by atoms with Gasteiger partial charge in [0.2, 0.25) is 0 Å². The minimum absolute atomic E-state index is 0.169. The van der Waals surface area contributed by atoms with Crippen LogP contribution in [0.1, 0.15) is 61.4 Å². The van der Waals surface area contributed by atoms with Crippen molar-refractivity contribution in [1.29, 1.82) is 0 Å². The molecule has 1 aliphatic carbocycles. The van der Waals surface area contributed by atoms with E-state index in [1.807, 2.05) is 66.7 Å². The third-order valence-corrected chi connectivity index (χ3v) is 9.15. The number of hydrogen-bond acceptors (Lipinski definition) is 5. The maximum atomic E-state index is 13.1. The number of ether oxygens (including phenoxy) is 2. The molecule has 0 spiro atoms. The topological polar surface area (TPSA) is 64.6 Å². The number of rotatable bonds is 11. The standard InChI is InChI=1S/C38H35NO4S/c40-37(34-22-23-35(44-34)38(41)43-36(29-14-6-2-7-15-29)30-16-8-3-9-17-30)39-25-27-20-21-32(24-27)42-26-31-18-10-11-19-33(31)28-12-4-1-5-13-28/h1-19,22-23,27,32,36H,20-21,24-26H2,(H,39,40)/t27-,32-/m0/s1. The van der Waals surface area contributed by atoms with Gasteiger partial charge in [0, 0.05) is 6.54 Å². The minimum atomic E-state index is -0.534. The van der Waals surface area contributed by atoms with Crippen LogP contribution in [0.4, 0.5) is 0 Å². The van der Waals surface area contributed by atoms with Gasteiger partial charge >= 0.3 is 5.97 Å². The van der Waals surface area contributed by atoms with Gasteiger partial charge in [0.05, 0.1) is 17.6 Å².